The molecule has 0 aliphatic carbocycles. The van der Waals surface area contributed by atoms with Crippen LogP contribution in [0.4, 0.5) is 4.79 Å². The molecule has 0 saturated carbocycles. The van der Waals surface area contributed by atoms with Gasteiger partial charge in [-0.3, -0.25) is 0 Å². The van der Waals surface area contributed by atoms with Gasteiger partial charge in [-0.05, 0) is 12.8 Å². The highest BCUT2D eigenvalue weighted by atomic mass is 16.5. The number of ether oxygens (including phenoxy) is 1. The van der Waals surface area contributed by atoms with Crippen molar-refractivity contribution in [1.82, 2.24) is 5.32 Å². The molecule has 0 fully saturated rings. The van der Waals surface area contributed by atoms with Crippen molar-refractivity contribution in [3.05, 3.63) is 0 Å². The molecule has 192 valence electrons. The summed E-state index contributed by atoms with van der Waals surface area (Å²) in [5.41, 5.74) is 0. The Hall–Kier alpha value is -0.730. The molecule has 0 aromatic carbocycles. The van der Waals surface area contributed by atoms with Crippen LogP contribution < -0.4 is 5.32 Å². The van der Waals surface area contributed by atoms with Gasteiger partial charge in [0, 0.05) is 6.54 Å². The van der Waals surface area contributed by atoms with E-state index in [2.05, 4.69) is 19.2 Å². The highest BCUT2D eigenvalue weighted by molar-refractivity contribution is 5.66. The number of carbonyl (C=O) groups is 1. The van der Waals surface area contributed by atoms with Crippen molar-refractivity contribution in [1.29, 1.82) is 0 Å². The van der Waals surface area contributed by atoms with E-state index in [-0.39, 0.29) is 6.09 Å². The minimum Gasteiger partial charge on any atom is -0.450 e. The summed E-state index contributed by atoms with van der Waals surface area (Å²) in [5.74, 6) is 0. The molecule has 0 atom stereocenters. The normalized spacial score (nSPS) is 11.1. The Morgan fingerprint density at radius 2 is 0.781 bits per heavy atom. The number of hydrogen-bond donors (Lipinski definition) is 1. The number of hydrogen-bond acceptors (Lipinski definition) is 2. The van der Waals surface area contributed by atoms with Crippen LogP contribution in [-0.2, 0) is 4.74 Å². The van der Waals surface area contributed by atoms with Crippen LogP contribution in [0.1, 0.15) is 168 Å². The molecule has 0 aromatic heterocycles. The summed E-state index contributed by atoms with van der Waals surface area (Å²) in [6, 6.07) is 0. The molecule has 3 nitrogen and oxygen atoms in total. The van der Waals surface area contributed by atoms with Gasteiger partial charge >= 0.3 is 6.09 Å². The monoisotopic (exact) mass is 453 g/mol. The second-order valence-corrected chi connectivity index (χ2v) is 9.84. The highest BCUT2D eigenvalue weighted by Gasteiger charge is 2.01. The third-order valence-corrected chi connectivity index (χ3v) is 6.53. The summed E-state index contributed by atoms with van der Waals surface area (Å²) in [4.78, 5) is 11.7. The molecule has 0 saturated heterocycles. The first-order valence-electron chi connectivity index (χ1n) is 14.7. The van der Waals surface area contributed by atoms with Gasteiger partial charge in [0.15, 0.2) is 0 Å². The minimum absolute atomic E-state index is 0.226. The summed E-state index contributed by atoms with van der Waals surface area (Å²) in [5, 5.41) is 2.90. The number of carbonyl (C=O) groups excluding carboxylic acids is 1. The van der Waals surface area contributed by atoms with Crippen molar-refractivity contribution < 1.29 is 9.53 Å². The summed E-state index contributed by atoms with van der Waals surface area (Å²) < 4.78 is 5.28. The second kappa shape index (κ2) is 28.3. The first-order valence-corrected chi connectivity index (χ1v) is 14.7. The van der Waals surface area contributed by atoms with Gasteiger partial charge in [-0.25, -0.2) is 4.79 Å². The van der Waals surface area contributed by atoms with Crippen molar-refractivity contribution >= 4 is 6.09 Å². The van der Waals surface area contributed by atoms with E-state index in [1.807, 2.05) is 0 Å². The van der Waals surface area contributed by atoms with E-state index >= 15 is 0 Å². The largest absolute Gasteiger partial charge is 0.450 e. The van der Waals surface area contributed by atoms with Crippen LogP contribution in [0.3, 0.4) is 0 Å². The predicted octanol–water partition coefficient (Wildman–Crippen LogP) is 10.1. The van der Waals surface area contributed by atoms with Crippen LogP contribution in [0.5, 0.6) is 0 Å². The molecule has 0 bridgehead atoms. The molecule has 0 spiro atoms. The predicted molar refractivity (Wildman–Crippen MR) is 142 cm³/mol. The van der Waals surface area contributed by atoms with Gasteiger partial charge in [0.05, 0.1) is 6.61 Å². The van der Waals surface area contributed by atoms with Crippen LogP contribution in [0.2, 0.25) is 0 Å². The zero-order valence-electron chi connectivity index (χ0n) is 22.2. The molecule has 1 N–H and O–H groups in total. The Morgan fingerprint density at radius 3 is 1.16 bits per heavy atom. The summed E-state index contributed by atoms with van der Waals surface area (Å²) in [7, 11) is 0. The Bertz CT molecular complexity index is 359. The van der Waals surface area contributed by atoms with Gasteiger partial charge in [0.25, 0.3) is 0 Å². The lowest BCUT2D eigenvalue weighted by Gasteiger charge is -2.07. The molecule has 0 aliphatic heterocycles. The second-order valence-electron chi connectivity index (χ2n) is 9.84. The molecule has 32 heavy (non-hydrogen) atoms. The van der Waals surface area contributed by atoms with Crippen molar-refractivity contribution in [2.75, 3.05) is 13.2 Å². The lowest BCUT2D eigenvalue weighted by Crippen LogP contribution is -2.25. The maximum absolute atomic E-state index is 11.7. The smallest absolute Gasteiger partial charge is 0.407 e. The Morgan fingerprint density at radius 1 is 0.469 bits per heavy atom. The van der Waals surface area contributed by atoms with Crippen LogP contribution >= 0.6 is 0 Å². The lowest BCUT2D eigenvalue weighted by molar-refractivity contribution is 0.143. The third kappa shape index (κ3) is 27.3. The summed E-state index contributed by atoms with van der Waals surface area (Å²) in [6.07, 6.45) is 31.9. The van der Waals surface area contributed by atoms with Gasteiger partial charge in [-0.15, -0.1) is 0 Å². The Balaban J connectivity index is 3.13. The van der Waals surface area contributed by atoms with E-state index in [1.54, 1.807) is 0 Å². The quantitative estimate of drug-likeness (QED) is 0.132. The lowest BCUT2D eigenvalue weighted by atomic mass is 10.0. The number of nitrogens with one attached hydrogen (secondary N) is 1. The zero-order chi connectivity index (χ0) is 23.4. The molecular formula is C29H59NO2. The van der Waals surface area contributed by atoms with Gasteiger partial charge < -0.3 is 10.1 Å². The average Bonchev–Trinajstić information content (AvgIpc) is 2.80. The molecule has 0 rings (SSSR count). The van der Waals surface area contributed by atoms with E-state index in [0.717, 1.165) is 19.4 Å². The average molecular weight is 454 g/mol. The molecule has 3 heteroatoms. The van der Waals surface area contributed by atoms with Crippen LogP contribution in [-0.4, -0.2) is 19.2 Å². The van der Waals surface area contributed by atoms with Gasteiger partial charge in [-0.1, -0.05) is 155 Å². The van der Waals surface area contributed by atoms with Crippen molar-refractivity contribution in [2.24, 2.45) is 0 Å². The maximum Gasteiger partial charge on any atom is 0.407 e. The first-order chi connectivity index (χ1) is 15.8. The van der Waals surface area contributed by atoms with E-state index in [9.17, 15) is 4.79 Å². The highest BCUT2D eigenvalue weighted by Crippen LogP contribution is 2.13. The van der Waals surface area contributed by atoms with E-state index < -0.39 is 0 Å². The number of unbranched alkanes of at least 4 members (excludes halogenated alkanes) is 22. The summed E-state index contributed by atoms with van der Waals surface area (Å²) >= 11 is 0. The van der Waals surface area contributed by atoms with Crippen molar-refractivity contribution in [3.63, 3.8) is 0 Å². The molecule has 0 aromatic rings. The van der Waals surface area contributed by atoms with Crippen LogP contribution in [0, 0.1) is 0 Å². The minimum atomic E-state index is -0.226. The molecule has 0 aliphatic rings. The zero-order valence-corrected chi connectivity index (χ0v) is 22.2. The fraction of sp³-hybridized carbons (Fsp3) is 0.966. The topological polar surface area (TPSA) is 38.3 Å². The van der Waals surface area contributed by atoms with Crippen LogP contribution in [0.25, 0.3) is 0 Å². The molecule has 1 amide bonds. The van der Waals surface area contributed by atoms with Crippen molar-refractivity contribution in [2.45, 2.75) is 168 Å². The Labute approximate surface area is 202 Å². The fourth-order valence-corrected chi connectivity index (χ4v) is 4.32. The molecule has 0 unspecified atom stereocenters. The third-order valence-electron chi connectivity index (χ3n) is 6.53. The van der Waals surface area contributed by atoms with Gasteiger partial charge in [0.2, 0.25) is 0 Å². The fourth-order valence-electron chi connectivity index (χ4n) is 4.32. The van der Waals surface area contributed by atoms with Crippen molar-refractivity contribution in [3.8, 4) is 0 Å². The van der Waals surface area contributed by atoms with E-state index in [1.165, 1.54) is 141 Å². The van der Waals surface area contributed by atoms with Gasteiger partial charge in [-0.2, -0.15) is 0 Å². The van der Waals surface area contributed by atoms with E-state index in [0.29, 0.717) is 6.61 Å². The standard InChI is InChI=1S/C29H59NO2/c1-3-5-7-9-11-13-15-16-17-18-19-21-23-25-27-30-29(31)32-28-26-24-22-20-14-12-10-8-6-4-2/h3-28H2,1-2H3,(H,30,31). The van der Waals surface area contributed by atoms with Gasteiger partial charge in [0.1, 0.15) is 0 Å². The first kappa shape index (κ1) is 31.3. The number of amides is 1. The Kier molecular flexibility index (Phi) is 27.7. The van der Waals surface area contributed by atoms with E-state index in [4.69, 9.17) is 4.74 Å². The summed E-state index contributed by atoms with van der Waals surface area (Å²) in [6.45, 7) is 5.88. The number of alkyl carbamates (subject to hydrolysis) is 1. The molecule has 0 radical (unpaired) electrons. The maximum atomic E-state index is 11.7. The molecular weight excluding hydrogens is 394 g/mol. The van der Waals surface area contributed by atoms with Crippen LogP contribution in [0.15, 0.2) is 0 Å². The molecule has 0 heterocycles. The number of rotatable bonds is 26. The SMILES string of the molecule is CCCCCCCCCCCCCCCCNC(=O)OCCCCCCCCCCCC.